The Morgan fingerprint density at radius 2 is 2.26 bits per heavy atom. The van der Waals surface area contributed by atoms with E-state index in [4.69, 9.17) is 10.2 Å². The molecule has 0 bridgehead atoms. The Hall–Kier alpha value is -2.08. The molecule has 102 valence electrons. The minimum absolute atomic E-state index is 0.0183. The number of rotatable bonds is 4. The first-order chi connectivity index (χ1) is 9.01. The van der Waals surface area contributed by atoms with Gasteiger partial charge in [0.1, 0.15) is 0 Å². The molecular formula is C13H17N3O3. The lowest BCUT2D eigenvalue weighted by atomic mass is 10.1. The molecule has 1 amide bonds. The molecule has 1 unspecified atom stereocenters. The smallest absolute Gasteiger partial charge is 0.408 e. The molecule has 0 saturated carbocycles. The van der Waals surface area contributed by atoms with Gasteiger partial charge < -0.3 is 15.1 Å². The lowest BCUT2D eigenvalue weighted by molar-refractivity contribution is -0.119. The topological polar surface area (TPSA) is 92.3 Å². The van der Waals surface area contributed by atoms with E-state index in [1.807, 2.05) is 6.92 Å². The molecule has 1 atom stereocenters. The number of carbonyl (C=O) groups excluding carboxylic acids is 1. The summed E-state index contributed by atoms with van der Waals surface area (Å²) in [5, 5.41) is 0. The number of fused-ring (bicyclic) bond motifs is 1. The normalized spacial score (nSPS) is 12.6. The van der Waals surface area contributed by atoms with E-state index in [1.165, 1.54) is 0 Å². The van der Waals surface area contributed by atoms with Crippen molar-refractivity contribution in [1.29, 1.82) is 0 Å². The summed E-state index contributed by atoms with van der Waals surface area (Å²) in [5.74, 6) is -0.378. The largest absolute Gasteiger partial charge is 0.417 e. The van der Waals surface area contributed by atoms with E-state index in [1.54, 1.807) is 30.1 Å². The number of H-pyrrole nitrogens is 1. The van der Waals surface area contributed by atoms with Gasteiger partial charge in [0, 0.05) is 25.2 Å². The number of aromatic nitrogens is 1. The second-order valence-electron chi connectivity index (χ2n) is 4.69. The highest BCUT2D eigenvalue weighted by Crippen LogP contribution is 2.20. The van der Waals surface area contributed by atoms with Gasteiger partial charge in [-0.2, -0.15) is 0 Å². The summed E-state index contributed by atoms with van der Waals surface area (Å²) in [4.78, 5) is 27.2. The monoisotopic (exact) mass is 263 g/mol. The predicted octanol–water partition coefficient (Wildman–Crippen LogP) is 1.07. The van der Waals surface area contributed by atoms with Crippen molar-refractivity contribution in [3.05, 3.63) is 28.7 Å². The molecule has 0 saturated heterocycles. The van der Waals surface area contributed by atoms with Crippen LogP contribution in [0.15, 0.2) is 27.4 Å². The highest BCUT2D eigenvalue weighted by atomic mass is 16.4. The molecule has 3 N–H and O–H groups in total. The van der Waals surface area contributed by atoms with Crippen molar-refractivity contribution in [1.82, 2.24) is 4.98 Å². The number of nitrogens with two attached hydrogens (primary N) is 1. The van der Waals surface area contributed by atoms with Crippen molar-refractivity contribution in [3.63, 3.8) is 0 Å². The molecule has 0 aliphatic heterocycles. The van der Waals surface area contributed by atoms with Crippen LogP contribution in [0.2, 0.25) is 0 Å². The van der Waals surface area contributed by atoms with E-state index < -0.39 is 5.76 Å². The Labute approximate surface area is 110 Å². The first-order valence-electron chi connectivity index (χ1n) is 6.10. The number of anilines is 1. The highest BCUT2D eigenvalue weighted by molar-refractivity contribution is 5.94. The molecule has 19 heavy (non-hydrogen) atoms. The van der Waals surface area contributed by atoms with Gasteiger partial charge in [0.05, 0.1) is 5.52 Å². The molecule has 1 heterocycles. The fourth-order valence-electron chi connectivity index (χ4n) is 1.81. The van der Waals surface area contributed by atoms with Crippen LogP contribution in [-0.2, 0) is 4.79 Å². The van der Waals surface area contributed by atoms with E-state index in [0.29, 0.717) is 29.8 Å². The summed E-state index contributed by atoms with van der Waals surface area (Å²) in [7, 11) is 1.69. The molecule has 0 fully saturated rings. The summed E-state index contributed by atoms with van der Waals surface area (Å²) in [6.07, 6.45) is 0.391. The number of carbonyl (C=O) groups is 1. The van der Waals surface area contributed by atoms with Crippen LogP contribution in [0.3, 0.4) is 0 Å². The van der Waals surface area contributed by atoms with Gasteiger partial charge in [0.25, 0.3) is 0 Å². The van der Waals surface area contributed by atoms with Gasteiger partial charge in [0.15, 0.2) is 5.58 Å². The number of aromatic amines is 1. The van der Waals surface area contributed by atoms with Crippen LogP contribution in [-0.4, -0.2) is 24.5 Å². The van der Waals surface area contributed by atoms with E-state index in [9.17, 15) is 9.59 Å². The minimum Gasteiger partial charge on any atom is -0.408 e. The number of nitrogens with one attached hydrogen (secondary N) is 1. The van der Waals surface area contributed by atoms with Crippen LogP contribution >= 0.6 is 0 Å². The summed E-state index contributed by atoms with van der Waals surface area (Å²) in [5.41, 5.74) is 7.25. The van der Waals surface area contributed by atoms with E-state index in [-0.39, 0.29) is 11.8 Å². The third-order valence-corrected chi connectivity index (χ3v) is 3.09. The first kappa shape index (κ1) is 13.4. The summed E-state index contributed by atoms with van der Waals surface area (Å²) >= 11 is 0. The van der Waals surface area contributed by atoms with Crippen molar-refractivity contribution in [2.45, 2.75) is 13.3 Å². The minimum atomic E-state index is -0.502. The van der Waals surface area contributed by atoms with Gasteiger partial charge in [-0.25, -0.2) is 4.79 Å². The van der Waals surface area contributed by atoms with E-state index >= 15 is 0 Å². The SMILES string of the molecule is CC(CN)CC(=O)N(C)c1ccc2[nH]c(=O)oc2c1. The lowest BCUT2D eigenvalue weighted by Crippen LogP contribution is -2.29. The summed E-state index contributed by atoms with van der Waals surface area (Å²) in [6, 6.07) is 5.14. The zero-order chi connectivity index (χ0) is 14.0. The van der Waals surface area contributed by atoms with Crippen LogP contribution in [0.5, 0.6) is 0 Å². The summed E-state index contributed by atoms with van der Waals surface area (Å²) < 4.78 is 4.97. The maximum atomic E-state index is 12.0. The standard InChI is InChI=1S/C13H17N3O3/c1-8(7-14)5-12(17)16(2)9-3-4-10-11(6-9)19-13(18)15-10/h3-4,6,8H,5,7,14H2,1-2H3,(H,15,18). The molecule has 1 aromatic carbocycles. The van der Waals surface area contributed by atoms with Gasteiger partial charge in [-0.15, -0.1) is 0 Å². The molecule has 0 aliphatic carbocycles. The van der Waals surface area contributed by atoms with Crippen molar-refractivity contribution in [3.8, 4) is 0 Å². The van der Waals surface area contributed by atoms with Crippen LogP contribution < -0.4 is 16.4 Å². The second kappa shape index (κ2) is 5.27. The van der Waals surface area contributed by atoms with Crippen molar-refractivity contribution >= 4 is 22.7 Å². The third-order valence-electron chi connectivity index (χ3n) is 3.09. The van der Waals surface area contributed by atoms with Gasteiger partial charge in [0.2, 0.25) is 5.91 Å². The number of nitrogens with zero attached hydrogens (tertiary/aromatic N) is 1. The Morgan fingerprint density at radius 3 is 2.95 bits per heavy atom. The van der Waals surface area contributed by atoms with Crippen molar-refractivity contribution < 1.29 is 9.21 Å². The Bertz CT molecular complexity index is 644. The van der Waals surface area contributed by atoms with Crippen LogP contribution in [0, 0.1) is 5.92 Å². The van der Waals surface area contributed by atoms with Crippen LogP contribution in [0.1, 0.15) is 13.3 Å². The third kappa shape index (κ3) is 2.85. The first-order valence-corrected chi connectivity index (χ1v) is 6.10. The number of amides is 1. The van der Waals surface area contributed by atoms with Gasteiger partial charge in [-0.1, -0.05) is 6.92 Å². The number of benzene rings is 1. The maximum Gasteiger partial charge on any atom is 0.417 e. The van der Waals surface area contributed by atoms with E-state index in [0.717, 1.165) is 0 Å². The molecule has 1 aromatic heterocycles. The molecule has 0 radical (unpaired) electrons. The lowest BCUT2D eigenvalue weighted by Gasteiger charge is -2.19. The molecular weight excluding hydrogens is 246 g/mol. The fraction of sp³-hybridized carbons (Fsp3) is 0.385. The summed E-state index contributed by atoms with van der Waals surface area (Å²) in [6.45, 7) is 2.41. The number of oxazole rings is 1. The maximum absolute atomic E-state index is 12.0. The highest BCUT2D eigenvalue weighted by Gasteiger charge is 2.15. The number of hydrogen-bond acceptors (Lipinski definition) is 4. The van der Waals surface area contributed by atoms with Gasteiger partial charge in [-0.05, 0) is 24.6 Å². The molecule has 6 heteroatoms. The Morgan fingerprint density at radius 1 is 1.53 bits per heavy atom. The second-order valence-corrected chi connectivity index (χ2v) is 4.69. The molecule has 0 aliphatic rings. The Balaban J connectivity index is 2.23. The molecule has 6 nitrogen and oxygen atoms in total. The zero-order valence-electron chi connectivity index (χ0n) is 11.0. The zero-order valence-corrected chi connectivity index (χ0v) is 11.0. The van der Waals surface area contributed by atoms with Gasteiger partial charge in [-0.3, -0.25) is 9.78 Å². The fourth-order valence-corrected chi connectivity index (χ4v) is 1.81. The number of hydrogen-bond donors (Lipinski definition) is 2. The van der Waals surface area contributed by atoms with Crippen LogP contribution in [0.4, 0.5) is 5.69 Å². The molecule has 2 rings (SSSR count). The van der Waals surface area contributed by atoms with E-state index in [2.05, 4.69) is 4.98 Å². The van der Waals surface area contributed by atoms with Gasteiger partial charge >= 0.3 is 5.76 Å². The Kier molecular flexibility index (Phi) is 3.71. The predicted molar refractivity (Wildman–Crippen MR) is 73.1 cm³/mol. The average Bonchev–Trinajstić information content (AvgIpc) is 2.76. The van der Waals surface area contributed by atoms with Crippen molar-refractivity contribution in [2.75, 3.05) is 18.5 Å². The quantitative estimate of drug-likeness (QED) is 0.863. The molecule has 2 aromatic rings. The molecule has 0 spiro atoms. The van der Waals surface area contributed by atoms with Crippen molar-refractivity contribution in [2.24, 2.45) is 11.7 Å². The average molecular weight is 263 g/mol. The van der Waals surface area contributed by atoms with Crippen LogP contribution in [0.25, 0.3) is 11.1 Å².